The third-order valence-corrected chi connectivity index (χ3v) is 4.01. The van der Waals surface area contributed by atoms with E-state index in [2.05, 4.69) is 42.5 Å². The van der Waals surface area contributed by atoms with Crippen molar-refractivity contribution in [2.75, 3.05) is 0 Å². The number of esters is 1. The molecule has 0 saturated heterocycles. The number of rotatable bonds is 2. The van der Waals surface area contributed by atoms with E-state index in [9.17, 15) is 4.79 Å². The number of hydrogen-bond donors (Lipinski definition) is 0. The normalized spacial score (nSPS) is 23.6. The summed E-state index contributed by atoms with van der Waals surface area (Å²) in [6.07, 6.45) is 9.22. The molecule has 0 radical (unpaired) electrons. The van der Waals surface area contributed by atoms with Gasteiger partial charge in [0.1, 0.15) is 5.60 Å². The van der Waals surface area contributed by atoms with Crippen LogP contribution in [-0.4, -0.2) is 11.6 Å². The summed E-state index contributed by atoms with van der Waals surface area (Å²) in [4.78, 5) is 12.2. The summed E-state index contributed by atoms with van der Waals surface area (Å²) in [5.74, 6) is 0.0102. The summed E-state index contributed by atoms with van der Waals surface area (Å²) in [6.45, 7) is 5.72. The molecule has 0 aliphatic heterocycles. The average molecular weight is 294 g/mol. The van der Waals surface area contributed by atoms with Crippen molar-refractivity contribution >= 4 is 5.97 Å². The first-order valence-electron chi connectivity index (χ1n) is 7.81. The molecule has 1 aromatic carbocycles. The van der Waals surface area contributed by atoms with Crippen LogP contribution in [0.1, 0.15) is 38.7 Å². The number of carbonyl (C=O) groups is 1. The van der Waals surface area contributed by atoms with E-state index in [1.165, 1.54) is 16.7 Å². The lowest BCUT2D eigenvalue weighted by molar-refractivity contribution is -0.158. The molecule has 3 rings (SSSR count). The minimum Gasteiger partial charge on any atom is -0.460 e. The van der Waals surface area contributed by atoms with Crippen molar-refractivity contribution in [2.45, 2.75) is 38.7 Å². The summed E-state index contributed by atoms with van der Waals surface area (Å²) in [5.41, 5.74) is 3.43. The fourth-order valence-electron chi connectivity index (χ4n) is 3.02. The Morgan fingerprint density at radius 3 is 2.50 bits per heavy atom. The molecule has 2 atom stereocenters. The average Bonchev–Trinajstić information content (AvgIpc) is 2.89. The molecule has 2 heteroatoms. The highest BCUT2D eigenvalue weighted by atomic mass is 16.6. The number of benzene rings is 1. The maximum atomic E-state index is 12.2. The Bertz CT molecular complexity index is 657. The van der Waals surface area contributed by atoms with Crippen LogP contribution in [0, 0.1) is 5.92 Å². The van der Waals surface area contributed by atoms with Gasteiger partial charge in [0.25, 0.3) is 0 Å². The summed E-state index contributed by atoms with van der Waals surface area (Å²) in [7, 11) is 0. The molecular formula is C20H22O2. The molecule has 0 heterocycles. The van der Waals surface area contributed by atoms with Crippen LogP contribution in [0.4, 0.5) is 0 Å². The zero-order chi connectivity index (χ0) is 15.7. The fraction of sp³-hybridized carbons (Fsp3) is 0.350. The lowest BCUT2D eigenvalue weighted by Gasteiger charge is -2.25. The number of hydrogen-bond acceptors (Lipinski definition) is 2. The Hall–Kier alpha value is -2.09. The van der Waals surface area contributed by atoms with Crippen molar-refractivity contribution in [3.63, 3.8) is 0 Å². The van der Waals surface area contributed by atoms with Crippen molar-refractivity contribution in [1.29, 1.82) is 0 Å². The highest BCUT2D eigenvalue weighted by molar-refractivity contribution is 5.77. The Morgan fingerprint density at radius 1 is 1.09 bits per heavy atom. The lowest BCUT2D eigenvalue weighted by atomic mass is 9.85. The Labute approximate surface area is 132 Å². The zero-order valence-corrected chi connectivity index (χ0v) is 13.4. The van der Waals surface area contributed by atoms with Crippen LogP contribution >= 0.6 is 0 Å². The van der Waals surface area contributed by atoms with Crippen LogP contribution in [0.25, 0.3) is 0 Å². The van der Waals surface area contributed by atoms with Crippen molar-refractivity contribution in [3.8, 4) is 0 Å². The van der Waals surface area contributed by atoms with Crippen molar-refractivity contribution in [3.05, 3.63) is 71.3 Å². The van der Waals surface area contributed by atoms with Gasteiger partial charge in [0, 0.05) is 5.92 Å². The van der Waals surface area contributed by atoms with Gasteiger partial charge in [-0.1, -0.05) is 54.6 Å². The molecule has 1 aromatic rings. The Morgan fingerprint density at radius 2 is 1.82 bits per heavy atom. The topological polar surface area (TPSA) is 26.3 Å². The van der Waals surface area contributed by atoms with Crippen LogP contribution in [0.15, 0.2) is 65.8 Å². The smallest absolute Gasteiger partial charge is 0.313 e. The molecule has 2 unspecified atom stereocenters. The predicted molar refractivity (Wildman–Crippen MR) is 88.4 cm³/mol. The maximum absolute atomic E-state index is 12.2. The van der Waals surface area contributed by atoms with Crippen LogP contribution in [0.5, 0.6) is 0 Å². The molecule has 2 aliphatic carbocycles. The summed E-state index contributed by atoms with van der Waals surface area (Å²) in [5, 5.41) is 0. The van der Waals surface area contributed by atoms with Crippen LogP contribution in [0.3, 0.4) is 0 Å². The lowest BCUT2D eigenvalue weighted by Crippen LogP contribution is -2.28. The molecule has 0 N–H and O–H groups in total. The highest BCUT2D eigenvalue weighted by Crippen LogP contribution is 2.40. The minimum absolute atomic E-state index is 0.133. The molecule has 22 heavy (non-hydrogen) atoms. The third kappa shape index (κ3) is 3.06. The van der Waals surface area contributed by atoms with E-state index in [4.69, 9.17) is 4.74 Å². The second kappa shape index (κ2) is 5.60. The largest absolute Gasteiger partial charge is 0.460 e. The zero-order valence-electron chi connectivity index (χ0n) is 13.4. The van der Waals surface area contributed by atoms with Gasteiger partial charge in [0.05, 0.1) is 5.92 Å². The quantitative estimate of drug-likeness (QED) is 0.748. The number of carbonyl (C=O) groups excluding carboxylic acids is 1. The summed E-state index contributed by atoms with van der Waals surface area (Å²) >= 11 is 0. The van der Waals surface area contributed by atoms with Crippen LogP contribution in [0.2, 0.25) is 0 Å². The fourth-order valence-corrected chi connectivity index (χ4v) is 3.02. The minimum atomic E-state index is -0.433. The molecule has 0 amide bonds. The van der Waals surface area contributed by atoms with Crippen molar-refractivity contribution in [1.82, 2.24) is 0 Å². The van der Waals surface area contributed by atoms with Gasteiger partial charge in [0.15, 0.2) is 0 Å². The third-order valence-electron chi connectivity index (χ3n) is 4.01. The predicted octanol–water partition coefficient (Wildman–Crippen LogP) is 4.55. The molecular weight excluding hydrogens is 272 g/mol. The van der Waals surface area contributed by atoms with E-state index in [1.807, 2.05) is 32.9 Å². The standard InChI is InChI=1S/C20H22O2/c1-20(2,3)22-19(21)16-10-12-18-15(13-16)9-11-17(18)14-7-5-4-6-8-14/h4-12,16-17H,13H2,1-3H3. The number of ether oxygens (including phenoxy) is 1. The summed E-state index contributed by atoms with van der Waals surface area (Å²) < 4.78 is 5.50. The van der Waals surface area contributed by atoms with Crippen molar-refractivity contribution < 1.29 is 9.53 Å². The summed E-state index contributed by atoms with van der Waals surface area (Å²) in [6, 6.07) is 10.5. The van der Waals surface area contributed by atoms with Gasteiger partial charge in [0.2, 0.25) is 0 Å². The first-order chi connectivity index (χ1) is 10.4. The molecule has 2 aliphatic rings. The van der Waals surface area contributed by atoms with Gasteiger partial charge < -0.3 is 4.74 Å². The second-order valence-corrected chi connectivity index (χ2v) is 6.93. The molecule has 0 bridgehead atoms. The maximum Gasteiger partial charge on any atom is 0.313 e. The molecule has 0 spiro atoms. The molecule has 0 aromatic heterocycles. The molecule has 0 saturated carbocycles. The Kier molecular flexibility index (Phi) is 3.78. The molecule has 2 nitrogen and oxygen atoms in total. The van der Waals surface area contributed by atoms with Gasteiger partial charge in [-0.3, -0.25) is 4.79 Å². The molecule has 0 fully saturated rings. The number of allylic oxidation sites excluding steroid dienone is 5. The first kappa shape index (κ1) is 14.8. The van der Waals surface area contributed by atoms with E-state index in [-0.39, 0.29) is 11.9 Å². The van der Waals surface area contributed by atoms with Gasteiger partial charge >= 0.3 is 5.97 Å². The van der Waals surface area contributed by atoms with Gasteiger partial charge in [-0.2, -0.15) is 0 Å². The van der Waals surface area contributed by atoms with Crippen molar-refractivity contribution in [2.24, 2.45) is 5.92 Å². The van der Waals surface area contributed by atoms with E-state index in [0.29, 0.717) is 5.92 Å². The first-order valence-corrected chi connectivity index (χ1v) is 7.81. The van der Waals surface area contributed by atoms with E-state index >= 15 is 0 Å². The highest BCUT2D eigenvalue weighted by Gasteiger charge is 2.30. The molecule has 114 valence electrons. The van der Waals surface area contributed by atoms with E-state index < -0.39 is 5.60 Å². The van der Waals surface area contributed by atoms with Crippen LogP contribution in [-0.2, 0) is 9.53 Å². The van der Waals surface area contributed by atoms with E-state index in [1.54, 1.807) is 0 Å². The van der Waals surface area contributed by atoms with Crippen LogP contribution < -0.4 is 0 Å². The Balaban J connectivity index is 1.75. The SMILES string of the molecule is CC(C)(C)OC(=O)C1C=CC2=C(C=CC2c2ccccc2)C1. The second-order valence-electron chi connectivity index (χ2n) is 6.93. The van der Waals surface area contributed by atoms with E-state index in [0.717, 1.165) is 6.42 Å². The van der Waals surface area contributed by atoms with Gasteiger partial charge in [-0.25, -0.2) is 0 Å². The van der Waals surface area contributed by atoms with Gasteiger partial charge in [-0.05, 0) is 43.9 Å². The monoisotopic (exact) mass is 294 g/mol. The van der Waals surface area contributed by atoms with Gasteiger partial charge in [-0.15, -0.1) is 0 Å².